The van der Waals surface area contributed by atoms with Crippen LogP contribution in [0.5, 0.6) is 5.75 Å². The lowest BCUT2D eigenvalue weighted by atomic mass is 10.1. The zero-order valence-electron chi connectivity index (χ0n) is 12.7. The van der Waals surface area contributed by atoms with Crippen LogP contribution in [0.25, 0.3) is 10.9 Å². The molecule has 0 aliphatic carbocycles. The molecule has 2 N–H and O–H groups in total. The number of pyridine rings is 1. The minimum Gasteiger partial charge on any atom is -0.506 e. The zero-order valence-corrected chi connectivity index (χ0v) is 12.7. The smallest absolute Gasteiger partial charge is 0.267 e. The Hall–Kier alpha value is -2.34. The molecule has 6 nitrogen and oxygen atoms in total. The van der Waals surface area contributed by atoms with Crippen molar-refractivity contribution >= 4 is 16.8 Å². The topological polar surface area (TPSA) is 80.6 Å². The maximum atomic E-state index is 12.6. The van der Waals surface area contributed by atoms with Gasteiger partial charge in [-0.3, -0.25) is 9.59 Å². The molecular weight excluding hydrogens is 296 g/mol. The Morgan fingerprint density at radius 3 is 3.09 bits per heavy atom. The van der Waals surface area contributed by atoms with Gasteiger partial charge in [0.2, 0.25) is 0 Å². The summed E-state index contributed by atoms with van der Waals surface area (Å²) in [7, 11) is 0. The van der Waals surface area contributed by atoms with E-state index in [0.29, 0.717) is 25.1 Å². The van der Waals surface area contributed by atoms with E-state index in [0.717, 1.165) is 30.3 Å². The van der Waals surface area contributed by atoms with Gasteiger partial charge in [-0.25, -0.2) is 0 Å². The van der Waals surface area contributed by atoms with Crippen molar-refractivity contribution in [3.63, 3.8) is 0 Å². The highest BCUT2D eigenvalue weighted by atomic mass is 16.5. The highest BCUT2D eigenvalue weighted by Gasteiger charge is 2.26. The molecule has 1 saturated heterocycles. The average Bonchev–Trinajstić information content (AvgIpc) is 3.21. The molecule has 23 heavy (non-hydrogen) atoms. The van der Waals surface area contributed by atoms with E-state index in [1.807, 2.05) is 12.1 Å². The second-order valence-electron chi connectivity index (χ2n) is 6.09. The summed E-state index contributed by atoms with van der Waals surface area (Å²) >= 11 is 0. The number of carbonyl (C=O) groups excluding carboxylic acids is 1. The SMILES string of the molecule is O=C(NC[C@@H]1CCCO1)c1c(O)c2cccc3c2n(c1=O)CC3. The van der Waals surface area contributed by atoms with Crippen molar-refractivity contribution in [2.45, 2.75) is 31.9 Å². The maximum Gasteiger partial charge on any atom is 0.267 e. The van der Waals surface area contributed by atoms with Gasteiger partial charge in [-0.15, -0.1) is 0 Å². The van der Waals surface area contributed by atoms with Crippen LogP contribution in [0, 0.1) is 0 Å². The molecule has 2 aliphatic heterocycles. The number of carbonyl (C=O) groups is 1. The van der Waals surface area contributed by atoms with Crippen LogP contribution in [-0.4, -0.2) is 34.8 Å². The fourth-order valence-corrected chi connectivity index (χ4v) is 3.53. The first-order chi connectivity index (χ1) is 11.2. The molecule has 120 valence electrons. The van der Waals surface area contributed by atoms with Crippen molar-refractivity contribution < 1.29 is 14.6 Å². The predicted molar refractivity (Wildman–Crippen MR) is 84.9 cm³/mol. The van der Waals surface area contributed by atoms with Gasteiger partial charge < -0.3 is 19.7 Å². The van der Waals surface area contributed by atoms with Gasteiger partial charge in [-0.05, 0) is 30.9 Å². The van der Waals surface area contributed by atoms with Gasteiger partial charge in [-0.1, -0.05) is 12.1 Å². The van der Waals surface area contributed by atoms with Gasteiger partial charge in [-0.2, -0.15) is 0 Å². The normalized spacial score (nSPS) is 19.4. The van der Waals surface area contributed by atoms with Gasteiger partial charge in [0.1, 0.15) is 11.3 Å². The van der Waals surface area contributed by atoms with E-state index in [4.69, 9.17) is 4.74 Å². The third-order valence-corrected chi connectivity index (χ3v) is 4.69. The number of benzene rings is 1. The van der Waals surface area contributed by atoms with Gasteiger partial charge in [0.15, 0.2) is 0 Å². The third kappa shape index (κ3) is 2.21. The van der Waals surface area contributed by atoms with Crippen molar-refractivity contribution in [1.29, 1.82) is 0 Å². The molecule has 1 aromatic carbocycles. The number of nitrogens with zero attached hydrogens (tertiary/aromatic N) is 1. The number of amides is 1. The second-order valence-corrected chi connectivity index (χ2v) is 6.09. The largest absolute Gasteiger partial charge is 0.506 e. The molecule has 1 amide bonds. The number of ether oxygens (including phenoxy) is 1. The van der Waals surface area contributed by atoms with Gasteiger partial charge in [0, 0.05) is 25.1 Å². The van der Waals surface area contributed by atoms with E-state index in [1.54, 1.807) is 10.6 Å². The number of rotatable bonds is 3. The lowest BCUT2D eigenvalue weighted by Gasteiger charge is -2.13. The van der Waals surface area contributed by atoms with Crippen LogP contribution in [0.2, 0.25) is 0 Å². The molecule has 1 atom stereocenters. The van der Waals surface area contributed by atoms with E-state index in [-0.39, 0.29) is 17.4 Å². The average molecular weight is 314 g/mol. The van der Waals surface area contributed by atoms with Crippen molar-refractivity contribution in [2.24, 2.45) is 0 Å². The summed E-state index contributed by atoms with van der Waals surface area (Å²) in [6.07, 6.45) is 2.62. The summed E-state index contributed by atoms with van der Waals surface area (Å²) in [4.78, 5) is 25.0. The summed E-state index contributed by atoms with van der Waals surface area (Å²) in [5, 5.41) is 13.7. The molecule has 0 saturated carbocycles. The van der Waals surface area contributed by atoms with E-state index < -0.39 is 11.5 Å². The molecule has 3 heterocycles. The first-order valence-electron chi connectivity index (χ1n) is 7.94. The summed E-state index contributed by atoms with van der Waals surface area (Å²) in [6.45, 7) is 1.61. The van der Waals surface area contributed by atoms with Crippen LogP contribution < -0.4 is 10.9 Å². The Kier molecular flexibility index (Phi) is 3.34. The van der Waals surface area contributed by atoms with Crippen LogP contribution in [0.15, 0.2) is 23.0 Å². The summed E-state index contributed by atoms with van der Waals surface area (Å²) < 4.78 is 7.05. The molecule has 0 bridgehead atoms. The zero-order chi connectivity index (χ0) is 16.0. The molecule has 0 unspecified atom stereocenters. The summed E-state index contributed by atoms with van der Waals surface area (Å²) in [6, 6.07) is 5.53. The minimum atomic E-state index is -0.536. The van der Waals surface area contributed by atoms with E-state index in [2.05, 4.69) is 5.32 Å². The standard InChI is InChI=1S/C17H18N2O4/c20-15-12-5-1-3-10-6-7-19(14(10)12)17(22)13(15)16(21)18-9-11-4-2-8-23-11/h1,3,5,11,20H,2,4,6-9H2,(H,18,21)/t11-/m0/s1. The molecule has 1 fully saturated rings. The van der Waals surface area contributed by atoms with Gasteiger partial charge >= 0.3 is 0 Å². The molecule has 2 aromatic rings. The number of aromatic nitrogens is 1. The van der Waals surface area contributed by atoms with Crippen LogP contribution in [-0.2, 0) is 17.7 Å². The lowest BCUT2D eigenvalue weighted by Crippen LogP contribution is -2.36. The number of aryl methyl sites for hydroxylation is 2. The fourth-order valence-electron chi connectivity index (χ4n) is 3.53. The molecule has 0 radical (unpaired) electrons. The first-order valence-corrected chi connectivity index (χ1v) is 7.94. The Labute approximate surface area is 132 Å². The molecule has 2 aliphatic rings. The van der Waals surface area contributed by atoms with Crippen LogP contribution in [0.1, 0.15) is 28.8 Å². The van der Waals surface area contributed by atoms with Crippen molar-refractivity contribution in [2.75, 3.05) is 13.2 Å². The lowest BCUT2D eigenvalue weighted by molar-refractivity contribution is 0.0854. The van der Waals surface area contributed by atoms with Crippen LogP contribution in [0.4, 0.5) is 0 Å². The van der Waals surface area contributed by atoms with E-state index in [9.17, 15) is 14.7 Å². The number of hydrogen-bond donors (Lipinski definition) is 2. The minimum absolute atomic E-state index is 0.00828. The Morgan fingerprint density at radius 2 is 2.30 bits per heavy atom. The summed E-state index contributed by atoms with van der Waals surface area (Å²) in [5.74, 6) is -0.763. The quantitative estimate of drug-likeness (QED) is 0.891. The highest BCUT2D eigenvalue weighted by molar-refractivity contribution is 6.03. The van der Waals surface area contributed by atoms with Crippen LogP contribution in [0.3, 0.4) is 0 Å². The van der Waals surface area contributed by atoms with Crippen molar-refractivity contribution in [3.8, 4) is 5.75 Å². The Bertz CT molecular complexity index is 850. The predicted octanol–water partition coefficient (Wildman–Crippen LogP) is 1.17. The number of aromatic hydroxyl groups is 1. The molecule has 1 aromatic heterocycles. The Morgan fingerprint density at radius 1 is 1.43 bits per heavy atom. The van der Waals surface area contributed by atoms with E-state index in [1.165, 1.54) is 0 Å². The first kappa shape index (κ1) is 14.3. The maximum absolute atomic E-state index is 12.6. The summed E-state index contributed by atoms with van der Waals surface area (Å²) in [5.41, 5.74) is 1.17. The van der Waals surface area contributed by atoms with Crippen molar-refractivity contribution in [1.82, 2.24) is 9.88 Å². The van der Waals surface area contributed by atoms with E-state index >= 15 is 0 Å². The van der Waals surface area contributed by atoms with Crippen LogP contribution >= 0.6 is 0 Å². The van der Waals surface area contributed by atoms with Gasteiger partial charge in [0.05, 0.1) is 11.6 Å². The fraction of sp³-hybridized carbons (Fsp3) is 0.412. The molecule has 4 rings (SSSR count). The second kappa shape index (κ2) is 5.38. The molecule has 6 heteroatoms. The molecular formula is C17H18N2O4. The number of hydrogen-bond acceptors (Lipinski definition) is 4. The molecule has 0 spiro atoms. The highest BCUT2D eigenvalue weighted by Crippen LogP contribution is 2.31. The Balaban J connectivity index is 1.73. The monoisotopic (exact) mass is 314 g/mol. The number of para-hydroxylation sites is 1. The number of nitrogens with one attached hydrogen (secondary N) is 1. The van der Waals surface area contributed by atoms with Gasteiger partial charge in [0.25, 0.3) is 11.5 Å². The van der Waals surface area contributed by atoms with Crippen molar-refractivity contribution in [3.05, 3.63) is 39.7 Å². The third-order valence-electron chi connectivity index (χ3n) is 4.69.